The van der Waals surface area contributed by atoms with Gasteiger partial charge in [-0.25, -0.2) is 14.4 Å². The number of hydrogen-bond acceptors (Lipinski definition) is 6. The fraction of sp³-hybridized carbons (Fsp3) is 0.455. The Morgan fingerprint density at radius 1 is 1.23 bits per heavy atom. The van der Waals surface area contributed by atoms with Crippen molar-refractivity contribution in [3.63, 3.8) is 0 Å². The summed E-state index contributed by atoms with van der Waals surface area (Å²) in [5.74, 6) is -0.523. The second-order valence-corrected chi connectivity index (χ2v) is 7.74. The van der Waals surface area contributed by atoms with E-state index in [1.807, 2.05) is 29.0 Å². The predicted octanol–water partition coefficient (Wildman–Crippen LogP) is 3.24. The van der Waals surface area contributed by atoms with Crippen LogP contribution in [0.25, 0.3) is 22.2 Å². The van der Waals surface area contributed by atoms with Crippen molar-refractivity contribution in [3.8, 4) is 11.3 Å². The first kappa shape index (κ1) is 20.7. The molecule has 30 heavy (non-hydrogen) atoms. The summed E-state index contributed by atoms with van der Waals surface area (Å²) >= 11 is 0. The number of nitrogens with two attached hydrogens (primary N) is 1. The summed E-state index contributed by atoms with van der Waals surface area (Å²) in [6.07, 6.45) is 6.41. The van der Waals surface area contributed by atoms with Crippen LogP contribution in [0.2, 0.25) is 0 Å². The minimum absolute atomic E-state index is 0.0146. The van der Waals surface area contributed by atoms with Gasteiger partial charge in [-0.05, 0) is 30.5 Å². The summed E-state index contributed by atoms with van der Waals surface area (Å²) in [6.45, 7) is 2.13. The molecule has 3 N–H and O–H groups in total. The fourth-order valence-corrected chi connectivity index (χ4v) is 4.19. The largest absolute Gasteiger partial charge is 0.385 e. The van der Waals surface area contributed by atoms with Gasteiger partial charge in [-0.3, -0.25) is 0 Å². The van der Waals surface area contributed by atoms with Gasteiger partial charge in [0.2, 0.25) is 5.95 Å². The summed E-state index contributed by atoms with van der Waals surface area (Å²) in [7, 11) is 1.63. The molecule has 0 unspecified atom stereocenters. The molecule has 4 rings (SSSR count). The molecule has 2 aromatic heterocycles. The van der Waals surface area contributed by atoms with Gasteiger partial charge in [0.15, 0.2) is 5.82 Å². The fourth-order valence-electron chi connectivity index (χ4n) is 4.19. The van der Waals surface area contributed by atoms with Gasteiger partial charge >= 0.3 is 0 Å². The minimum Gasteiger partial charge on any atom is -0.385 e. The summed E-state index contributed by atoms with van der Waals surface area (Å²) < 4.78 is 27.2. The molecule has 0 saturated heterocycles. The molecule has 1 aliphatic carbocycles. The number of nitrogen functional groups attached to an aromatic ring is 1. The van der Waals surface area contributed by atoms with Crippen LogP contribution in [0.3, 0.4) is 0 Å². The third kappa shape index (κ3) is 4.03. The van der Waals surface area contributed by atoms with E-state index < -0.39 is 11.4 Å². The number of methoxy groups -OCH3 is 1. The predicted molar refractivity (Wildman–Crippen MR) is 112 cm³/mol. The topological polar surface area (TPSA) is 95.4 Å². The Morgan fingerprint density at radius 3 is 2.80 bits per heavy atom. The lowest BCUT2D eigenvalue weighted by molar-refractivity contribution is 0.0446. The van der Waals surface area contributed by atoms with Crippen molar-refractivity contribution in [1.82, 2.24) is 14.5 Å². The first-order chi connectivity index (χ1) is 14.5. The molecular formula is C22H27FN4O3. The van der Waals surface area contributed by atoms with Gasteiger partial charge in [0.05, 0.1) is 31.6 Å². The minimum atomic E-state index is -0.833. The zero-order valence-corrected chi connectivity index (χ0v) is 17.1. The van der Waals surface area contributed by atoms with Gasteiger partial charge in [-0.15, -0.1) is 0 Å². The van der Waals surface area contributed by atoms with E-state index in [9.17, 15) is 9.50 Å². The number of aliphatic hydroxyl groups is 1. The van der Waals surface area contributed by atoms with Crippen molar-refractivity contribution in [1.29, 1.82) is 0 Å². The normalized spacial score (nSPS) is 15.8. The number of anilines is 1. The lowest BCUT2D eigenvalue weighted by atomic mass is 9.91. The number of hydrogen-bond donors (Lipinski definition) is 2. The molecule has 1 saturated carbocycles. The molecule has 3 aromatic rings. The van der Waals surface area contributed by atoms with Gasteiger partial charge in [-0.2, -0.15) is 0 Å². The van der Waals surface area contributed by atoms with Gasteiger partial charge in [-0.1, -0.05) is 18.9 Å². The molecule has 1 aliphatic rings. The van der Waals surface area contributed by atoms with E-state index in [2.05, 4.69) is 9.97 Å². The Bertz CT molecular complexity index is 1030. The van der Waals surface area contributed by atoms with Crippen LogP contribution >= 0.6 is 0 Å². The number of benzene rings is 1. The van der Waals surface area contributed by atoms with Crippen LogP contribution in [-0.2, 0) is 21.6 Å². The maximum Gasteiger partial charge on any atom is 0.220 e. The van der Waals surface area contributed by atoms with E-state index in [1.54, 1.807) is 7.11 Å². The Kier molecular flexibility index (Phi) is 5.99. The molecule has 1 aromatic carbocycles. The zero-order valence-electron chi connectivity index (χ0n) is 17.1. The van der Waals surface area contributed by atoms with Crippen molar-refractivity contribution >= 4 is 16.9 Å². The summed E-state index contributed by atoms with van der Waals surface area (Å²) in [5, 5.41) is 11.9. The average Bonchev–Trinajstić information content (AvgIpc) is 3.34. The molecule has 0 amide bonds. The highest BCUT2D eigenvalue weighted by Crippen LogP contribution is 2.41. The molecule has 0 bridgehead atoms. The Balaban J connectivity index is 1.76. The number of aromatic nitrogens is 3. The maximum atomic E-state index is 14.6. The average molecular weight is 414 g/mol. The van der Waals surface area contributed by atoms with E-state index in [-0.39, 0.29) is 11.6 Å². The molecular weight excluding hydrogens is 387 g/mol. The number of fused-ring (bicyclic) bond motifs is 1. The Morgan fingerprint density at radius 2 is 2.03 bits per heavy atom. The molecule has 0 aliphatic heterocycles. The first-order valence-corrected chi connectivity index (χ1v) is 10.2. The van der Waals surface area contributed by atoms with Crippen LogP contribution in [0.15, 0.2) is 30.6 Å². The van der Waals surface area contributed by atoms with Crippen LogP contribution < -0.4 is 5.73 Å². The SMILES string of the molecule is COCCOCCn1cc(-c2nc(N)ncc2F)c2cc(C3(O)CCCC3)ccc21. The Hall–Kier alpha value is -2.55. The van der Waals surface area contributed by atoms with Crippen LogP contribution in [0.5, 0.6) is 0 Å². The van der Waals surface area contributed by atoms with Crippen molar-refractivity contribution in [3.05, 3.63) is 42.0 Å². The number of halogens is 1. The van der Waals surface area contributed by atoms with Gasteiger partial charge in [0, 0.05) is 36.3 Å². The number of ether oxygens (including phenoxy) is 2. The van der Waals surface area contributed by atoms with Crippen LogP contribution in [0.1, 0.15) is 31.2 Å². The lowest BCUT2D eigenvalue weighted by Gasteiger charge is -2.23. The van der Waals surface area contributed by atoms with E-state index in [0.717, 1.165) is 48.3 Å². The van der Waals surface area contributed by atoms with E-state index in [1.165, 1.54) is 0 Å². The number of nitrogens with zero attached hydrogens (tertiary/aromatic N) is 3. The highest BCUT2D eigenvalue weighted by atomic mass is 19.1. The van der Waals surface area contributed by atoms with Crippen molar-refractivity contribution in [2.75, 3.05) is 32.7 Å². The quantitative estimate of drug-likeness (QED) is 0.550. The Labute approximate surface area is 174 Å². The van der Waals surface area contributed by atoms with Crippen molar-refractivity contribution < 1.29 is 19.0 Å². The van der Waals surface area contributed by atoms with Crippen molar-refractivity contribution in [2.45, 2.75) is 37.8 Å². The summed E-state index contributed by atoms with van der Waals surface area (Å²) in [6, 6.07) is 5.89. The molecule has 8 heteroatoms. The van der Waals surface area contributed by atoms with Crippen LogP contribution in [0.4, 0.5) is 10.3 Å². The molecule has 0 atom stereocenters. The second kappa shape index (κ2) is 8.67. The number of rotatable bonds is 8. The lowest BCUT2D eigenvalue weighted by Crippen LogP contribution is -2.20. The maximum absolute atomic E-state index is 14.6. The van der Waals surface area contributed by atoms with E-state index >= 15 is 0 Å². The highest BCUT2D eigenvalue weighted by molar-refractivity contribution is 5.96. The molecule has 0 radical (unpaired) electrons. The summed E-state index contributed by atoms with van der Waals surface area (Å²) in [4.78, 5) is 7.87. The van der Waals surface area contributed by atoms with E-state index in [4.69, 9.17) is 15.2 Å². The van der Waals surface area contributed by atoms with Gasteiger partial charge in [0.1, 0.15) is 5.69 Å². The zero-order chi connectivity index (χ0) is 21.1. The van der Waals surface area contributed by atoms with Crippen molar-refractivity contribution in [2.24, 2.45) is 0 Å². The van der Waals surface area contributed by atoms with Gasteiger partial charge < -0.3 is 24.9 Å². The third-order valence-electron chi connectivity index (χ3n) is 5.78. The molecule has 2 heterocycles. The molecule has 0 spiro atoms. The molecule has 7 nitrogen and oxygen atoms in total. The highest BCUT2D eigenvalue weighted by Gasteiger charge is 2.33. The monoisotopic (exact) mass is 414 g/mol. The smallest absolute Gasteiger partial charge is 0.220 e. The first-order valence-electron chi connectivity index (χ1n) is 10.2. The summed E-state index contributed by atoms with van der Waals surface area (Å²) in [5.41, 5.74) is 7.44. The van der Waals surface area contributed by atoms with Gasteiger partial charge in [0.25, 0.3) is 0 Å². The van der Waals surface area contributed by atoms with E-state index in [0.29, 0.717) is 31.9 Å². The third-order valence-corrected chi connectivity index (χ3v) is 5.78. The standard InChI is InChI=1S/C22H27FN4O3/c1-29-10-11-30-9-8-27-14-17(20-18(23)13-25-21(24)26-20)16-12-15(4-5-19(16)27)22(28)6-2-3-7-22/h4-5,12-14,28H,2-3,6-11H2,1H3,(H2,24,25,26). The second-order valence-electron chi connectivity index (χ2n) is 7.74. The molecule has 1 fully saturated rings. The molecule has 160 valence electrons. The van der Waals surface area contributed by atoms with Crippen LogP contribution in [0, 0.1) is 5.82 Å². The van der Waals surface area contributed by atoms with Crippen LogP contribution in [-0.4, -0.2) is 46.6 Å².